The molecule has 0 radical (unpaired) electrons. The molecule has 0 unspecified atom stereocenters. The van der Waals surface area contributed by atoms with Gasteiger partial charge in [0.15, 0.2) is 0 Å². The summed E-state index contributed by atoms with van der Waals surface area (Å²) in [6.45, 7) is 3.96. The maximum atomic E-state index is 12.2. The van der Waals surface area contributed by atoms with Gasteiger partial charge in [-0.3, -0.25) is 4.79 Å². The molecule has 2 aromatic rings. The van der Waals surface area contributed by atoms with E-state index in [0.717, 1.165) is 16.8 Å². The fourth-order valence-corrected chi connectivity index (χ4v) is 2.55. The number of anilines is 1. The summed E-state index contributed by atoms with van der Waals surface area (Å²) in [5.74, 6) is -0.384. The summed E-state index contributed by atoms with van der Waals surface area (Å²) in [7, 11) is 0. The lowest BCUT2D eigenvalue weighted by Gasteiger charge is -2.17. The second kappa shape index (κ2) is 4.73. The van der Waals surface area contributed by atoms with Crippen LogP contribution in [0.3, 0.4) is 0 Å². The fourth-order valence-electron chi connectivity index (χ4n) is 2.55. The van der Waals surface area contributed by atoms with Crippen molar-refractivity contribution in [1.82, 2.24) is 5.16 Å². The monoisotopic (exact) mass is 286 g/mol. The molecule has 1 aromatic heterocycles. The molecule has 0 spiro atoms. The molecule has 1 amide bonds. The van der Waals surface area contributed by atoms with Crippen LogP contribution in [0.2, 0.25) is 0 Å². The predicted molar refractivity (Wildman–Crippen MR) is 74.3 cm³/mol. The number of hydrogen-bond donors (Lipinski definition) is 1. The van der Waals surface area contributed by atoms with Gasteiger partial charge in [0.1, 0.15) is 5.76 Å². The Kier molecular flexibility index (Phi) is 3.01. The number of amides is 1. The maximum absolute atomic E-state index is 12.2. The molecule has 0 atom stereocenters. The first-order valence-corrected chi connectivity index (χ1v) is 6.55. The zero-order valence-electron chi connectivity index (χ0n) is 11.7. The van der Waals surface area contributed by atoms with E-state index in [2.05, 4.69) is 5.16 Å². The molecule has 1 aliphatic heterocycles. The molecule has 21 heavy (non-hydrogen) atoms. The number of rotatable bonds is 3. The standard InChI is InChI=1S/C15H14N2O4/c1-8-12(9(2)21-16-8)7-17-13-5-11(15(19)20)4-3-10(13)6-14(17)18/h3-5H,6-7H2,1-2H3,(H,19,20). The van der Waals surface area contributed by atoms with Crippen LogP contribution in [-0.4, -0.2) is 22.1 Å². The molecule has 2 heterocycles. The average Bonchev–Trinajstić information content (AvgIpc) is 2.92. The number of carbonyl (C=O) groups excluding carboxylic acids is 1. The lowest BCUT2D eigenvalue weighted by Crippen LogP contribution is -2.26. The Bertz CT molecular complexity index is 729. The molecule has 0 fully saturated rings. The number of carboxylic acids is 1. The second-order valence-corrected chi connectivity index (χ2v) is 5.11. The first-order valence-electron chi connectivity index (χ1n) is 6.55. The number of carbonyl (C=O) groups is 2. The van der Waals surface area contributed by atoms with Crippen molar-refractivity contribution in [1.29, 1.82) is 0 Å². The van der Waals surface area contributed by atoms with Crippen LogP contribution in [0.4, 0.5) is 5.69 Å². The minimum atomic E-state index is -1.01. The van der Waals surface area contributed by atoms with Gasteiger partial charge in [-0.2, -0.15) is 0 Å². The highest BCUT2D eigenvalue weighted by atomic mass is 16.5. The summed E-state index contributed by atoms with van der Waals surface area (Å²) in [6, 6.07) is 4.76. The van der Waals surface area contributed by atoms with Crippen molar-refractivity contribution in [2.45, 2.75) is 26.8 Å². The highest BCUT2D eigenvalue weighted by molar-refractivity contribution is 6.03. The summed E-state index contributed by atoms with van der Waals surface area (Å²) in [6.07, 6.45) is 0.290. The van der Waals surface area contributed by atoms with Crippen molar-refractivity contribution in [2.75, 3.05) is 4.90 Å². The summed E-state index contributed by atoms with van der Waals surface area (Å²) in [5.41, 5.74) is 3.27. The average molecular weight is 286 g/mol. The third kappa shape index (κ3) is 2.18. The van der Waals surface area contributed by atoms with E-state index in [0.29, 0.717) is 24.4 Å². The van der Waals surface area contributed by atoms with Gasteiger partial charge in [-0.05, 0) is 31.5 Å². The van der Waals surface area contributed by atoms with E-state index in [9.17, 15) is 9.59 Å². The Morgan fingerprint density at radius 2 is 2.19 bits per heavy atom. The Balaban J connectivity index is 2.00. The molecule has 1 aromatic carbocycles. The van der Waals surface area contributed by atoms with Crippen molar-refractivity contribution >= 4 is 17.6 Å². The Labute approximate surface area is 121 Å². The number of nitrogens with zero attached hydrogens (tertiary/aromatic N) is 2. The van der Waals surface area contributed by atoms with Gasteiger partial charge < -0.3 is 14.5 Å². The first-order chi connectivity index (χ1) is 9.97. The molecule has 6 nitrogen and oxygen atoms in total. The highest BCUT2D eigenvalue weighted by Gasteiger charge is 2.29. The van der Waals surface area contributed by atoms with E-state index in [1.807, 2.05) is 6.92 Å². The number of fused-ring (bicyclic) bond motifs is 1. The zero-order valence-corrected chi connectivity index (χ0v) is 11.7. The number of benzene rings is 1. The van der Waals surface area contributed by atoms with Crippen LogP contribution >= 0.6 is 0 Å². The third-order valence-electron chi connectivity index (χ3n) is 3.76. The molecule has 0 bridgehead atoms. The fraction of sp³-hybridized carbons (Fsp3) is 0.267. The SMILES string of the molecule is Cc1noc(C)c1CN1C(=O)Cc2ccc(C(=O)O)cc21. The van der Waals surface area contributed by atoms with Crippen LogP contribution in [0.25, 0.3) is 0 Å². The van der Waals surface area contributed by atoms with Crippen LogP contribution in [0.5, 0.6) is 0 Å². The maximum Gasteiger partial charge on any atom is 0.335 e. The van der Waals surface area contributed by atoms with Gasteiger partial charge in [-0.25, -0.2) is 4.79 Å². The molecule has 108 valence electrons. The van der Waals surface area contributed by atoms with Gasteiger partial charge in [-0.1, -0.05) is 11.2 Å². The number of hydrogen-bond acceptors (Lipinski definition) is 4. The smallest absolute Gasteiger partial charge is 0.335 e. The van der Waals surface area contributed by atoms with Crippen molar-refractivity contribution in [3.63, 3.8) is 0 Å². The minimum Gasteiger partial charge on any atom is -0.478 e. The van der Waals surface area contributed by atoms with E-state index >= 15 is 0 Å². The van der Waals surface area contributed by atoms with Crippen molar-refractivity contribution in [3.8, 4) is 0 Å². The minimum absolute atomic E-state index is 0.0486. The van der Waals surface area contributed by atoms with Gasteiger partial charge >= 0.3 is 5.97 Å². The second-order valence-electron chi connectivity index (χ2n) is 5.11. The topological polar surface area (TPSA) is 83.6 Å². The largest absolute Gasteiger partial charge is 0.478 e. The predicted octanol–water partition coefficient (Wildman–Crippen LogP) is 2.08. The van der Waals surface area contributed by atoms with Gasteiger partial charge in [0.2, 0.25) is 5.91 Å². The Morgan fingerprint density at radius 3 is 2.81 bits per heavy atom. The summed E-state index contributed by atoms with van der Waals surface area (Å²) in [4.78, 5) is 24.9. The summed E-state index contributed by atoms with van der Waals surface area (Å²) in [5, 5.41) is 13.0. The van der Waals surface area contributed by atoms with Gasteiger partial charge in [0.25, 0.3) is 0 Å². The molecule has 0 saturated heterocycles. The van der Waals surface area contributed by atoms with E-state index in [1.165, 1.54) is 6.07 Å². The Hall–Kier alpha value is -2.63. The van der Waals surface area contributed by atoms with E-state index in [-0.39, 0.29) is 11.5 Å². The number of carboxylic acid groups (broad SMARTS) is 1. The molecular formula is C15H14N2O4. The number of aromatic nitrogens is 1. The molecule has 6 heteroatoms. The summed E-state index contributed by atoms with van der Waals surface area (Å²) < 4.78 is 5.11. The van der Waals surface area contributed by atoms with Crippen molar-refractivity contribution < 1.29 is 19.2 Å². The van der Waals surface area contributed by atoms with E-state index in [1.54, 1.807) is 24.0 Å². The van der Waals surface area contributed by atoms with Gasteiger partial charge in [0, 0.05) is 11.3 Å². The van der Waals surface area contributed by atoms with Gasteiger partial charge in [0.05, 0.1) is 24.2 Å². The molecule has 1 aliphatic rings. The summed E-state index contributed by atoms with van der Waals surface area (Å²) >= 11 is 0. The van der Waals surface area contributed by atoms with Crippen LogP contribution in [0.15, 0.2) is 22.7 Å². The van der Waals surface area contributed by atoms with Crippen LogP contribution in [0, 0.1) is 13.8 Å². The van der Waals surface area contributed by atoms with Crippen LogP contribution in [0.1, 0.15) is 32.9 Å². The molecule has 0 saturated carbocycles. The van der Waals surface area contributed by atoms with E-state index < -0.39 is 5.97 Å². The quantitative estimate of drug-likeness (QED) is 0.933. The van der Waals surface area contributed by atoms with Crippen molar-refractivity contribution in [2.24, 2.45) is 0 Å². The van der Waals surface area contributed by atoms with Crippen LogP contribution in [-0.2, 0) is 17.8 Å². The molecule has 0 aliphatic carbocycles. The lowest BCUT2D eigenvalue weighted by molar-refractivity contribution is -0.117. The molecule has 1 N–H and O–H groups in total. The van der Waals surface area contributed by atoms with Crippen LogP contribution < -0.4 is 4.90 Å². The third-order valence-corrected chi connectivity index (χ3v) is 3.76. The molecular weight excluding hydrogens is 272 g/mol. The lowest BCUT2D eigenvalue weighted by atomic mass is 10.1. The zero-order chi connectivity index (χ0) is 15.1. The highest BCUT2D eigenvalue weighted by Crippen LogP contribution is 2.32. The first kappa shape index (κ1) is 13.4. The number of aromatic carboxylic acids is 1. The Morgan fingerprint density at radius 1 is 1.43 bits per heavy atom. The van der Waals surface area contributed by atoms with Crippen molar-refractivity contribution in [3.05, 3.63) is 46.3 Å². The number of aryl methyl sites for hydroxylation is 2. The van der Waals surface area contributed by atoms with Gasteiger partial charge in [-0.15, -0.1) is 0 Å². The molecule has 3 rings (SSSR count). The van der Waals surface area contributed by atoms with E-state index in [4.69, 9.17) is 9.63 Å². The normalized spacial score (nSPS) is 13.6.